The van der Waals surface area contributed by atoms with Crippen molar-refractivity contribution in [1.29, 1.82) is 0 Å². The van der Waals surface area contributed by atoms with E-state index in [1.807, 2.05) is 0 Å². The second-order valence-corrected chi connectivity index (χ2v) is 3.86. The van der Waals surface area contributed by atoms with E-state index in [-0.39, 0.29) is 6.10 Å². The Morgan fingerprint density at radius 3 is 2.79 bits per heavy atom. The van der Waals surface area contributed by atoms with Gasteiger partial charge in [0.2, 0.25) is 0 Å². The topological polar surface area (TPSA) is 27.7 Å². The van der Waals surface area contributed by atoms with Crippen LogP contribution in [0.2, 0.25) is 0 Å². The molecule has 0 amide bonds. The molecular formula is C10H21BO3. The summed E-state index contributed by atoms with van der Waals surface area (Å²) < 4.78 is 16.6. The average molecular weight is 200 g/mol. The summed E-state index contributed by atoms with van der Waals surface area (Å²) in [5, 5.41) is 0. The Balaban J connectivity index is 2.23. The molecule has 1 rings (SSSR count). The van der Waals surface area contributed by atoms with Crippen molar-refractivity contribution in [3.63, 3.8) is 0 Å². The highest BCUT2D eigenvalue weighted by atomic mass is 16.7. The molecule has 1 aliphatic rings. The van der Waals surface area contributed by atoms with Crippen LogP contribution in [0.5, 0.6) is 0 Å². The molecule has 82 valence electrons. The summed E-state index contributed by atoms with van der Waals surface area (Å²) in [6.45, 7) is 7.07. The fourth-order valence-electron chi connectivity index (χ4n) is 1.53. The molecule has 2 atom stereocenters. The molecule has 1 saturated heterocycles. The standard InChI is InChI=1S/C10H21BO3/c1-4-6-7-12-11-13-9(3)8-10(5-2)14-11/h9-10H,4-8H2,1-3H3. The minimum Gasteiger partial charge on any atom is -0.386 e. The molecule has 0 aromatic heterocycles. The molecule has 2 unspecified atom stereocenters. The maximum absolute atomic E-state index is 5.61. The Hall–Kier alpha value is -0.0551. The van der Waals surface area contributed by atoms with Gasteiger partial charge in [-0.05, 0) is 26.2 Å². The molecule has 1 heterocycles. The molecule has 0 spiro atoms. The summed E-state index contributed by atoms with van der Waals surface area (Å²) in [5.41, 5.74) is 0. The van der Waals surface area contributed by atoms with Gasteiger partial charge in [-0.3, -0.25) is 0 Å². The van der Waals surface area contributed by atoms with E-state index in [1.54, 1.807) is 0 Å². The van der Waals surface area contributed by atoms with Gasteiger partial charge >= 0.3 is 7.32 Å². The zero-order valence-corrected chi connectivity index (χ0v) is 9.49. The molecule has 1 fully saturated rings. The van der Waals surface area contributed by atoms with Crippen LogP contribution in [0.1, 0.15) is 46.5 Å². The molecule has 0 aliphatic carbocycles. The molecule has 0 aromatic rings. The van der Waals surface area contributed by atoms with Crippen molar-refractivity contribution in [1.82, 2.24) is 0 Å². The summed E-state index contributed by atoms with van der Waals surface area (Å²) in [4.78, 5) is 0. The highest BCUT2D eigenvalue weighted by molar-refractivity contribution is 6.36. The molecule has 0 radical (unpaired) electrons. The van der Waals surface area contributed by atoms with Crippen LogP contribution in [-0.4, -0.2) is 26.1 Å². The van der Waals surface area contributed by atoms with Crippen molar-refractivity contribution >= 4 is 7.32 Å². The highest BCUT2D eigenvalue weighted by Gasteiger charge is 2.33. The molecule has 3 nitrogen and oxygen atoms in total. The van der Waals surface area contributed by atoms with E-state index in [2.05, 4.69) is 20.8 Å². The van der Waals surface area contributed by atoms with Crippen molar-refractivity contribution in [2.45, 2.75) is 58.7 Å². The van der Waals surface area contributed by atoms with Crippen molar-refractivity contribution < 1.29 is 14.0 Å². The van der Waals surface area contributed by atoms with Gasteiger partial charge < -0.3 is 14.0 Å². The van der Waals surface area contributed by atoms with Gasteiger partial charge in [-0.2, -0.15) is 0 Å². The number of rotatable bonds is 5. The minimum atomic E-state index is -0.435. The lowest BCUT2D eigenvalue weighted by Crippen LogP contribution is -2.42. The molecular weight excluding hydrogens is 179 g/mol. The SMILES string of the molecule is CCCCOB1OC(C)CC(CC)O1. The van der Waals surface area contributed by atoms with Gasteiger partial charge in [0.25, 0.3) is 0 Å². The van der Waals surface area contributed by atoms with Crippen molar-refractivity contribution in [2.24, 2.45) is 0 Å². The largest absolute Gasteiger partial charge is 0.639 e. The first kappa shape index (κ1) is 12.0. The van der Waals surface area contributed by atoms with Crippen LogP contribution in [0, 0.1) is 0 Å². The fourth-order valence-corrected chi connectivity index (χ4v) is 1.53. The van der Waals surface area contributed by atoms with Crippen molar-refractivity contribution in [3.05, 3.63) is 0 Å². The maximum atomic E-state index is 5.61. The highest BCUT2D eigenvalue weighted by Crippen LogP contribution is 2.18. The lowest BCUT2D eigenvalue weighted by molar-refractivity contribution is -0.0276. The zero-order valence-electron chi connectivity index (χ0n) is 9.49. The van der Waals surface area contributed by atoms with Crippen molar-refractivity contribution in [3.8, 4) is 0 Å². The monoisotopic (exact) mass is 200 g/mol. The lowest BCUT2D eigenvalue weighted by atomic mass is 10.0. The number of unbranched alkanes of at least 4 members (excludes halogenated alkanes) is 1. The number of hydrogen-bond acceptors (Lipinski definition) is 3. The minimum absolute atomic E-state index is 0.250. The smallest absolute Gasteiger partial charge is 0.386 e. The van der Waals surface area contributed by atoms with Crippen LogP contribution in [0.3, 0.4) is 0 Å². The molecule has 4 heteroatoms. The second-order valence-electron chi connectivity index (χ2n) is 3.86. The summed E-state index contributed by atoms with van der Waals surface area (Å²) in [6, 6.07) is 0. The van der Waals surface area contributed by atoms with E-state index in [0.29, 0.717) is 6.10 Å². The second kappa shape index (κ2) is 6.43. The molecule has 14 heavy (non-hydrogen) atoms. The van der Waals surface area contributed by atoms with E-state index < -0.39 is 7.32 Å². The molecule has 1 aliphatic heterocycles. The maximum Gasteiger partial charge on any atom is 0.639 e. The Morgan fingerprint density at radius 1 is 1.36 bits per heavy atom. The Labute approximate surface area is 87.3 Å². The van der Waals surface area contributed by atoms with Gasteiger partial charge in [0, 0.05) is 18.8 Å². The Kier molecular flexibility index (Phi) is 5.52. The Bertz CT molecular complexity index is 154. The molecule has 0 saturated carbocycles. The third-order valence-corrected chi connectivity index (χ3v) is 2.45. The van der Waals surface area contributed by atoms with Gasteiger partial charge in [0.1, 0.15) is 0 Å². The molecule has 0 bridgehead atoms. The molecule has 0 N–H and O–H groups in total. The summed E-state index contributed by atoms with van der Waals surface area (Å²) in [5.74, 6) is 0. The van der Waals surface area contributed by atoms with E-state index in [4.69, 9.17) is 14.0 Å². The van der Waals surface area contributed by atoms with Gasteiger partial charge in [0.15, 0.2) is 0 Å². The zero-order chi connectivity index (χ0) is 10.4. The van der Waals surface area contributed by atoms with E-state index in [9.17, 15) is 0 Å². The van der Waals surface area contributed by atoms with E-state index in [0.717, 1.165) is 32.3 Å². The Morgan fingerprint density at radius 2 is 2.14 bits per heavy atom. The number of hydrogen-bond donors (Lipinski definition) is 0. The quantitative estimate of drug-likeness (QED) is 0.503. The predicted octanol–water partition coefficient (Wildman–Crippen LogP) is 2.39. The normalized spacial score (nSPS) is 28.1. The van der Waals surface area contributed by atoms with Crippen LogP contribution < -0.4 is 0 Å². The van der Waals surface area contributed by atoms with Crippen LogP contribution >= 0.6 is 0 Å². The molecule has 0 aromatic carbocycles. The average Bonchev–Trinajstić information content (AvgIpc) is 2.17. The third kappa shape index (κ3) is 3.99. The predicted molar refractivity (Wildman–Crippen MR) is 56.9 cm³/mol. The summed E-state index contributed by atoms with van der Waals surface area (Å²) in [6.07, 6.45) is 4.75. The first-order valence-electron chi connectivity index (χ1n) is 5.68. The first-order valence-corrected chi connectivity index (χ1v) is 5.68. The van der Waals surface area contributed by atoms with Gasteiger partial charge in [-0.15, -0.1) is 0 Å². The van der Waals surface area contributed by atoms with Crippen LogP contribution in [-0.2, 0) is 14.0 Å². The lowest BCUT2D eigenvalue weighted by Gasteiger charge is -2.30. The third-order valence-electron chi connectivity index (χ3n) is 2.45. The van der Waals surface area contributed by atoms with Crippen LogP contribution in [0.25, 0.3) is 0 Å². The van der Waals surface area contributed by atoms with E-state index >= 15 is 0 Å². The van der Waals surface area contributed by atoms with Crippen molar-refractivity contribution in [2.75, 3.05) is 6.61 Å². The van der Waals surface area contributed by atoms with Crippen LogP contribution in [0.4, 0.5) is 0 Å². The van der Waals surface area contributed by atoms with Gasteiger partial charge in [-0.1, -0.05) is 20.3 Å². The fraction of sp³-hybridized carbons (Fsp3) is 1.00. The summed E-state index contributed by atoms with van der Waals surface area (Å²) in [7, 11) is -0.435. The van der Waals surface area contributed by atoms with Gasteiger partial charge in [0.05, 0.1) is 0 Å². The van der Waals surface area contributed by atoms with Crippen LogP contribution in [0.15, 0.2) is 0 Å². The van der Waals surface area contributed by atoms with E-state index in [1.165, 1.54) is 0 Å². The first-order chi connectivity index (χ1) is 6.76. The summed E-state index contributed by atoms with van der Waals surface area (Å²) >= 11 is 0. The van der Waals surface area contributed by atoms with Gasteiger partial charge in [-0.25, -0.2) is 0 Å².